The Bertz CT molecular complexity index is 427. The lowest BCUT2D eigenvalue weighted by Crippen LogP contribution is -1.91. The van der Waals surface area contributed by atoms with Crippen LogP contribution in [0, 0.1) is 6.92 Å². The second-order valence-corrected chi connectivity index (χ2v) is 3.53. The molecule has 0 aliphatic rings. The Morgan fingerprint density at radius 2 is 2.25 bits per heavy atom. The molecule has 0 atom stereocenters. The monoisotopic (exact) mass is 187 g/mol. The Balaban J connectivity index is 3.23. The molecule has 0 radical (unpaired) electrons. The summed E-state index contributed by atoms with van der Waals surface area (Å²) in [6.07, 6.45) is 0. The predicted octanol–water partition coefficient (Wildman–Crippen LogP) is 1.59. The van der Waals surface area contributed by atoms with Crippen LogP contribution in [0.1, 0.15) is 5.76 Å². The highest BCUT2D eigenvalue weighted by molar-refractivity contribution is 7.89. The van der Waals surface area contributed by atoms with Crippen molar-refractivity contribution in [3.05, 3.63) is 28.3 Å². The molecule has 64 valence electrons. The van der Waals surface area contributed by atoms with Gasteiger partial charge in [0.1, 0.15) is 5.76 Å². The molecule has 1 heterocycles. The van der Waals surface area contributed by atoms with E-state index in [0.717, 1.165) is 0 Å². The van der Waals surface area contributed by atoms with Crippen LogP contribution >= 0.6 is 0 Å². The summed E-state index contributed by atoms with van der Waals surface area (Å²) >= 11 is 0. The van der Waals surface area contributed by atoms with Gasteiger partial charge in [0.25, 0.3) is 10.0 Å². The Kier molecular flexibility index (Phi) is 2.07. The number of aryl methyl sites for hydroxylation is 1. The van der Waals surface area contributed by atoms with Crippen molar-refractivity contribution in [1.82, 2.24) is 0 Å². The zero-order chi connectivity index (χ0) is 9.19. The summed E-state index contributed by atoms with van der Waals surface area (Å²) in [5.74, 6) is 0.446. The number of azide groups is 1. The van der Waals surface area contributed by atoms with Crippen LogP contribution in [0.15, 0.2) is 26.2 Å². The highest BCUT2D eigenvalue weighted by Crippen LogP contribution is 2.15. The molecule has 0 saturated heterocycles. The molecule has 1 aromatic rings. The van der Waals surface area contributed by atoms with E-state index in [1.165, 1.54) is 12.1 Å². The maximum absolute atomic E-state index is 10.9. The fourth-order valence-electron chi connectivity index (χ4n) is 0.639. The van der Waals surface area contributed by atoms with Crippen molar-refractivity contribution >= 4 is 10.0 Å². The van der Waals surface area contributed by atoms with E-state index in [1.807, 2.05) is 0 Å². The standard InChI is InChI=1S/C5H5N3O3S/c1-4-2-3-5(11-4)12(9,10)8-7-6/h2-3H,1H3. The van der Waals surface area contributed by atoms with Gasteiger partial charge in [-0.25, -0.2) is 8.42 Å². The molecule has 0 fully saturated rings. The summed E-state index contributed by atoms with van der Waals surface area (Å²) in [6, 6.07) is 2.71. The van der Waals surface area contributed by atoms with E-state index in [-0.39, 0.29) is 5.09 Å². The molecule has 0 N–H and O–H groups in total. The molecule has 0 aromatic carbocycles. The molecule has 0 aliphatic heterocycles. The molecule has 0 spiro atoms. The SMILES string of the molecule is Cc1ccc(S(=O)(=O)N=[N+]=[N-])o1. The quantitative estimate of drug-likeness (QED) is 0.399. The van der Waals surface area contributed by atoms with Gasteiger partial charge in [-0.3, -0.25) is 0 Å². The summed E-state index contributed by atoms with van der Waals surface area (Å²) in [7, 11) is -3.95. The lowest BCUT2D eigenvalue weighted by molar-refractivity contribution is 0.429. The highest BCUT2D eigenvalue weighted by atomic mass is 32.2. The molecule has 0 amide bonds. The van der Waals surface area contributed by atoms with Crippen molar-refractivity contribution in [1.29, 1.82) is 0 Å². The Morgan fingerprint density at radius 3 is 2.67 bits per heavy atom. The van der Waals surface area contributed by atoms with E-state index in [1.54, 1.807) is 6.92 Å². The molecule has 1 aromatic heterocycles. The first-order valence-corrected chi connectivity index (χ1v) is 4.38. The van der Waals surface area contributed by atoms with Crippen LogP contribution in [0.4, 0.5) is 0 Å². The minimum absolute atomic E-state index is 0.335. The van der Waals surface area contributed by atoms with Crippen molar-refractivity contribution in [2.45, 2.75) is 12.0 Å². The number of rotatable bonds is 2. The van der Waals surface area contributed by atoms with Gasteiger partial charge in [-0.2, -0.15) is 0 Å². The molecular weight excluding hydrogens is 182 g/mol. The fourth-order valence-corrected chi connectivity index (χ4v) is 1.29. The Hall–Kier alpha value is -1.46. The highest BCUT2D eigenvalue weighted by Gasteiger charge is 2.15. The van der Waals surface area contributed by atoms with Crippen LogP contribution in [0.25, 0.3) is 10.4 Å². The van der Waals surface area contributed by atoms with Crippen molar-refractivity contribution < 1.29 is 12.8 Å². The number of sulfonamides is 1. The maximum Gasteiger partial charge on any atom is 0.297 e. The van der Waals surface area contributed by atoms with Crippen LogP contribution in [0.2, 0.25) is 0 Å². The third kappa shape index (κ3) is 1.58. The number of hydrogen-bond acceptors (Lipinski definition) is 3. The smallest absolute Gasteiger partial charge is 0.297 e. The number of hydrogen-bond donors (Lipinski definition) is 0. The lowest BCUT2D eigenvalue weighted by Gasteiger charge is -1.87. The molecule has 0 saturated carbocycles. The Morgan fingerprint density at radius 1 is 1.58 bits per heavy atom. The first-order valence-electron chi connectivity index (χ1n) is 2.94. The zero-order valence-corrected chi connectivity index (χ0v) is 6.95. The minimum atomic E-state index is -3.95. The average molecular weight is 187 g/mol. The van der Waals surface area contributed by atoms with Gasteiger partial charge in [0.05, 0.1) is 0 Å². The molecule has 12 heavy (non-hydrogen) atoms. The number of nitrogens with zero attached hydrogens (tertiary/aromatic N) is 3. The van der Waals surface area contributed by atoms with Gasteiger partial charge >= 0.3 is 0 Å². The molecule has 7 heteroatoms. The van der Waals surface area contributed by atoms with Crippen LogP contribution in [0.3, 0.4) is 0 Å². The second-order valence-electron chi connectivity index (χ2n) is 2.01. The molecule has 0 unspecified atom stereocenters. The van der Waals surface area contributed by atoms with Gasteiger partial charge in [-0.1, -0.05) is 0 Å². The number of furan rings is 1. The van der Waals surface area contributed by atoms with Crippen LogP contribution in [-0.2, 0) is 10.0 Å². The summed E-state index contributed by atoms with van der Waals surface area (Å²) in [4.78, 5) is 2.17. The van der Waals surface area contributed by atoms with Gasteiger partial charge < -0.3 is 4.42 Å². The first kappa shape index (κ1) is 8.63. The first-order chi connectivity index (χ1) is 5.56. The van der Waals surface area contributed by atoms with Gasteiger partial charge in [0.2, 0.25) is 5.09 Å². The van der Waals surface area contributed by atoms with E-state index in [9.17, 15) is 8.42 Å². The minimum Gasteiger partial charge on any atom is -0.450 e. The summed E-state index contributed by atoms with van der Waals surface area (Å²) in [6.45, 7) is 1.59. The lowest BCUT2D eigenvalue weighted by atomic mass is 10.5. The van der Waals surface area contributed by atoms with Crippen molar-refractivity contribution in [2.24, 2.45) is 4.52 Å². The molecular formula is C5H5N3O3S. The van der Waals surface area contributed by atoms with Gasteiger partial charge in [-0.05, 0) is 24.6 Å². The van der Waals surface area contributed by atoms with E-state index in [0.29, 0.717) is 5.76 Å². The van der Waals surface area contributed by atoms with E-state index in [4.69, 9.17) is 9.95 Å². The average Bonchev–Trinajstić information content (AvgIpc) is 2.36. The van der Waals surface area contributed by atoms with Crippen molar-refractivity contribution in [2.75, 3.05) is 0 Å². The van der Waals surface area contributed by atoms with Crippen molar-refractivity contribution in [3.8, 4) is 0 Å². The van der Waals surface area contributed by atoms with Crippen molar-refractivity contribution in [3.63, 3.8) is 0 Å². The second kappa shape index (κ2) is 2.88. The van der Waals surface area contributed by atoms with E-state index in [2.05, 4.69) is 9.43 Å². The van der Waals surface area contributed by atoms with Crippen LogP contribution in [0.5, 0.6) is 0 Å². The molecule has 1 rings (SSSR count). The van der Waals surface area contributed by atoms with Gasteiger partial charge in [-0.15, -0.1) is 0 Å². The third-order valence-electron chi connectivity index (χ3n) is 1.11. The van der Waals surface area contributed by atoms with Gasteiger partial charge in [0.15, 0.2) is 0 Å². The summed E-state index contributed by atoms with van der Waals surface area (Å²) < 4.78 is 29.2. The van der Waals surface area contributed by atoms with E-state index >= 15 is 0 Å². The van der Waals surface area contributed by atoms with Crippen LogP contribution < -0.4 is 0 Å². The molecule has 0 bridgehead atoms. The normalized spacial score (nSPS) is 10.8. The molecule has 0 aliphatic carbocycles. The largest absolute Gasteiger partial charge is 0.450 e. The summed E-state index contributed by atoms with van der Waals surface area (Å²) in [5.41, 5.74) is 7.91. The zero-order valence-electron chi connectivity index (χ0n) is 6.13. The Labute approximate surface area is 68.5 Å². The summed E-state index contributed by atoms with van der Waals surface area (Å²) in [5, 5.41) is -0.335. The third-order valence-corrected chi connectivity index (χ3v) is 2.13. The van der Waals surface area contributed by atoms with Gasteiger partial charge in [0, 0.05) is 9.43 Å². The predicted molar refractivity (Wildman–Crippen MR) is 39.8 cm³/mol. The van der Waals surface area contributed by atoms with Crippen LogP contribution in [-0.4, -0.2) is 8.42 Å². The van der Waals surface area contributed by atoms with E-state index < -0.39 is 10.0 Å². The molecule has 6 nitrogen and oxygen atoms in total. The fraction of sp³-hybridized carbons (Fsp3) is 0.200. The maximum atomic E-state index is 10.9. The topological polar surface area (TPSA) is 96.0 Å².